The maximum absolute atomic E-state index is 5.89. The molecule has 3 saturated carbocycles. The summed E-state index contributed by atoms with van der Waals surface area (Å²) in [4.78, 5) is 0.414. The minimum Gasteiger partial charge on any atom is -0.389 e. The molecule has 3 aliphatic carbocycles. The minimum atomic E-state index is 0.414. The van der Waals surface area contributed by atoms with Crippen LogP contribution in [0.25, 0.3) is 0 Å². The van der Waals surface area contributed by atoms with E-state index in [4.69, 9.17) is 18.0 Å². The lowest BCUT2D eigenvalue weighted by Gasteiger charge is -2.15. The number of hydrogen-bond donors (Lipinski definition) is 2. The Morgan fingerprint density at radius 3 is 2.45 bits per heavy atom. The molecule has 5 heteroatoms. The number of aryl methyl sites for hydroxylation is 1. The van der Waals surface area contributed by atoms with Gasteiger partial charge in [0.15, 0.2) is 5.82 Å². The van der Waals surface area contributed by atoms with Crippen molar-refractivity contribution in [3.63, 3.8) is 0 Å². The SMILES string of the molecule is Cc1nnc(NC2C3C4CCC(C4)C23)c(C(N)=S)c1C. The maximum Gasteiger partial charge on any atom is 0.159 e. The van der Waals surface area contributed by atoms with Gasteiger partial charge in [-0.05, 0) is 62.3 Å². The van der Waals surface area contributed by atoms with Crippen LogP contribution in [-0.2, 0) is 0 Å². The average molecular weight is 288 g/mol. The van der Waals surface area contributed by atoms with Crippen LogP contribution in [0.4, 0.5) is 5.82 Å². The topological polar surface area (TPSA) is 63.8 Å². The number of rotatable bonds is 3. The Kier molecular flexibility index (Phi) is 2.58. The van der Waals surface area contributed by atoms with E-state index in [1.807, 2.05) is 13.8 Å². The predicted octanol–water partition coefficient (Wildman–Crippen LogP) is 2.18. The van der Waals surface area contributed by atoms with Crippen molar-refractivity contribution in [2.45, 2.75) is 39.2 Å². The summed E-state index contributed by atoms with van der Waals surface area (Å²) in [5.74, 6) is 4.39. The first-order valence-electron chi connectivity index (χ1n) is 7.48. The Hall–Kier alpha value is -1.23. The molecule has 4 unspecified atom stereocenters. The Morgan fingerprint density at radius 2 is 1.85 bits per heavy atom. The summed E-state index contributed by atoms with van der Waals surface area (Å²) in [6.07, 6.45) is 4.30. The minimum absolute atomic E-state index is 0.414. The Bertz CT molecular complexity index is 584. The van der Waals surface area contributed by atoms with E-state index in [0.29, 0.717) is 11.0 Å². The van der Waals surface area contributed by atoms with Crippen LogP contribution in [0, 0.1) is 37.5 Å². The first-order chi connectivity index (χ1) is 9.58. The molecule has 1 aromatic rings. The van der Waals surface area contributed by atoms with Crippen molar-refractivity contribution in [1.82, 2.24) is 10.2 Å². The summed E-state index contributed by atoms with van der Waals surface area (Å²) in [6.45, 7) is 3.96. The molecule has 0 radical (unpaired) electrons. The fourth-order valence-electron chi connectivity index (χ4n) is 4.69. The van der Waals surface area contributed by atoms with Gasteiger partial charge >= 0.3 is 0 Å². The van der Waals surface area contributed by atoms with Gasteiger partial charge in [-0.25, -0.2) is 0 Å². The van der Waals surface area contributed by atoms with E-state index in [1.54, 1.807) is 0 Å². The molecular formula is C15H20N4S. The molecule has 20 heavy (non-hydrogen) atoms. The second-order valence-electron chi connectivity index (χ2n) is 6.66. The standard InChI is InChI=1S/C15H20N4S/c1-6-7(2)18-19-15(10(6)14(16)20)17-13-11-8-3-4-9(5-8)12(11)13/h8-9,11-13H,3-5H2,1-2H3,(H2,16,20)(H,17,19). The van der Waals surface area contributed by atoms with Gasteiger partial charge in [0.25, 0.3) is 0 Å². The van der Waals surface area contributed by atoms with Gasteiger partial charge < -0.3 is 11.1 Å². The van der Waals surface area contributed by atoms with E-state index in [9.17, 15) is 0 Å². The number of fused-ring (bicyclic) bond motifs is 5. The first-order valence-corrected chi connectivity index (χ1v) is 7.89. The van der Waals surface area contributed by atoms with Crippen LogP contribution >= 0.6 is 12.2 Å². The monoisotopic (exact) mass is 288 g/mol. The highest BCUT2D eigenvalue weighted by atomic mass is 32.1. The van der Waals surface area contributed by atoms with Crippen molar-refractivity contribution in [2.75, 3.05) is 5.32 Å². The van der Waals surface area contributed by atoms with Crippen molar-refractivity contribution in [3.8, 4) is 0 Å². The second-order valence-corrected chi connectivity index (χ2v) is 7.10. The fraction of sp³-hybridized carbons (Fsp3) is 0.667. The third-order valence-electron chi connectivity index (χ3n) is 5.74. The summed E-state index contributed by atoms with van der Waals surface area (Å²) in [5.41, 5.74) is 8.71. The normalized spacial score (nSPS) is 36.8. The number of nitrogens with one attached hydrogen (secondary N) is 1. The molecular weight excluding hydrogens is 268 g/mol. The van der Waals surface area contributed by atoms with Crippen LogP contribution in [0.1, 0.15) is 36.1 Å². The van der Waals surface area contributed by atoms with Gasteiger partial charge in [0.1, 0.15) is 4.99 Å². The molecule has 3 fully saturated rings. The number of nitrogens with zero attached hydrogens (tertiary/aromatic N) is 2. The zero-order valence-electron chi connectivity index (χ0n) is 11.9. The van der Waals surface area contributed by atoms with Crippen molar-refractivity contribution >= 4 is 23.0 Å². The van der Waals surface area contributed by atoms with Gasteiger partial charge in [-0.3, -0.25) is 0 Å². The first kappa shape index (κ1) is 12.5. The van der Waals surface area contributed by atoms with Gasteiger partial charge in [-0.2, -0.15) is 5.10 Å². The number of hydrogen-bond acceptors (Lipinski definition) is 4. The molecule has 0 spiro atoms. The lowest BCUT2D eigenvalue weighted by atomic mass is 10.0. The zero-order chi connectivity index (χ0) is 14.0. The summed E-state index contributed by atoms with van der Waals surface area (Å²) in [7, 11) is 0. The summed E-state index contributed by atoms with van der Waals surface area (Å²) in [5, 5.41) is 12.1. The van der Waals surface area contributed by atoms with Gasteiger partial charge in [0, 0.05) is 6.04 Å². The van der Waals surface area contributed by atoms with E-state index in [-0.39, 0.29) is 0 Å². The third kappa shape index (κ3) is 1.62. The van der Waals surface area contributed by atoms with Crippen LogP contribution in [0.5, 0.6) is 0 Å². The molecule has 0 aromatic carbocycles. The van der Waals surface area contributed by atoms with E-state index in [2.05, 4.69) is 15.5 Å². The van der Waals surface area contributed by atoms with Crippen molar-refractivity contribution in [3.05, 3.63) is 16.8 Å². The smallest absolute Gasteiger partial charge is 0.159 e. The molecule has 0 amide bonds. The van der Waals surface area contributed by atoms with Crippen LogP contribution in [0.3, 0.4) is 0 Å². The van der Waals surface area contributed by atoms with E-state index in [0.717, 1.165) is 46.3 Å². The summed E-state index contributed by atoms with van der Waals surface area (Å²) < 4.78 is 0. The lowest BCUT2D eigenvalue weighted by Crippen LogP contribution is -2.21. The Morgan fingerprint density at radius 1 is 1.20 bits per heavy atom. The molecule has 0 aliphatic heterocycles. The highest BCUT2D eigenvalue weighted by molar-refractivity contribution is 7.80. The number of anilines is 1. The van der Waals surface area contributed by atoms with E-state index in [1.165, 1.54) is 19.3 Å². The van der Waals surface area contributed by atoms with Gasteiger partial charge in [0.2, 0.25) is 0 Å². The van der Waals surface area contributed by atoms with Crippen molar-refractivity contribution in [1.29, 1.82) is 0 Å². The van der Waals surface area contributed by atoms with Crippen LogP contribution < -0.4 is 11.1 Å². The molecule has 4 rings (SSSR count). The summed E-state index contributed by atoms with van der Waals surface area (Å²) >= 11 is 5.20. The van der Waals surface area contributed by atoms with E-state index >= 15 is 0 Å². The third-order valence-corrected chi connectivity index (χ3v) is 5.94. The molecule has 2 bridgehead atoms. The molecule has 4 nitrogen and oxygen atoms in total. The van der Waals surface area contributed by atoms with Crippen molar-refractivity contribution < 1.29 is 0 Å². The van der Waals surface area contributed by atoms with Crippen LogP contribution in [0.15, 0.2) is 0 Å². The number of nitrogens with two attached hydrogens (primary N) is 1. The Labute approximate surface area is 124 Å². The van der Waals surface area contributed by atoms with Gasteiger partial charge in [0.05, 0.1) is 11.3 Å². The highest BCUT2D eigenvalue weighted by Crippen LogP contribution is 2.66. The quantitative estimate of drug-likeness (QED) is 0.835. The zero-order valence-corrected chi connectivity index (χ0v) is 12.7. The fourth-order valence-corrected chi connectivity index (χ4v) is 4.94. The average Bonchev–Trinajstić information content (AvgIpc) is 2.81. The second kappa shape index (κ2) is 4.13. The Balaban J connectivity index is 1.61. The molecule has 1 heterocycles. The largest absolute Gasteiger partial charge is 0.389 e. The van der Waals surface area contributed by atoms with Crippen molar-refractivity contribution in [2.24, 2.45) is 29.4 Å². The lowest BCUT2D eigenvalue weighted by molar-refractivity contribution is 0.456. The van der Waals surface area contributed by atoms with Crippen LogP contribution in [-0.4, -0.2) is 21.2 Å². The molecule has 106 valence electrons. The maximum atomic E-state index is 5.89. The molecule has 1 aromatic heterocycles. The number of thiocarbonyl (C=S) groups is 1. The molecule has 4 atom stereocenters. The highest BCUT2D eigenvalue weighted by Gasteiger charge is 2.65. The number of aromatic nitrogens is 2. The van der Waals surface area contributed by atoms with E-state index < -0.39 is 0 Å². The molecule has 3 N–H and O–H groups in total. The molecule has 3 aliphatic rings. The van der Waals surface area contributed by atoms with Gasteiger partial charge in [-0.1, -0.05) is 12.2 Å². The molecule has 0 saturated heterocycles. The van der Waals surface area contributed by atoms with Crippen LogP contribution in [0.2, 0.25) is 0 Å². The summed E-state index contributed by atoms with van der Waals surface area (Å²) in [6, 6.07) is 0.575. The van der Waals surface area contributed by atoms with Gasteiger partial charge in [-0.15, -0.1) is 5.10 Å². The predicted molar refractivity (Wildman–Crippen MR) is 82.6 cm³/mol.